The van der Waals surface area contributed by atoms with Gasteiger partial charge < -0.3 is 4.42 Å². The van der Waals surface area contributed by atoms with Gasteiger partial charge in [-0.05, 0) is 19.1 Å². The van der Waals surface area contributed by atoms with E-state index in [1.54, 1.807) is 31.2 Å². The first-order valence-electron chi connectivity index (χ1n) is 6.30. The highest BCUT2D eigenvalue weighted by Gasteiger charge is 2.15. The van der Waals surface area contributed by atoms with Crippen molar-refractivity contribution in [3.05, 3.63) is 46.3 Å². The molecular formula is C15H14N2O4. The summed E-state index contributed by atoms with van der Waals surface area (Å²) in [7, 11) is 0. The molecule has 108 valence electrons. The fourth-order valence-corrected chi connectivity index (χ4v) is 1.88. The first-order chi connectivity index (χ1) is 9.90. The van der Waals surface area contributed by atoms with E-state index in [1.165, 1.54) is 13.8 Å². The van der Waals surface area contributed by atoms with Crippen molar-refractivity contribution in [2.45, 2.75) is 20.8 Å². The van der Waals surface area contributed by atoms with E-state index in [2.05, 4.69) is 5.10 Å². The summed E-state index contributed by atoms with van der Waals surface area (Å²) >= 11 is 0. The second kappa shape index (κ2) is 5.70. The van der Waals surface area contributed by atoms with Crippen molar-refractivity contribution in [1.29, 1.82) is 0 Å². The van der Waals surface area contributed by atoms with Gasteiger partial charge in [0.15, 0.2) is 0 Å². The van der Waals surface area contributed by atoms with Crippen molar-refractivity contribution in [1.82, 2.24) is 5.01 Å². The van der Waals surface area contributed by atoms with Crippen LogP contribution in [0.1, 0.15) is 26.3 Å². The van der Waals surface area contributed by atoms with Gasteiger partial charge in [0, 0.05) is 19.2 Å². The van der Waals surface area contributed by atoms with Crippen LogP contribution in [-0.2, 0) is 9.59 Å². The van der Waals surface area contributed by atoms with E-state index in [4.69, 9.17) is 4.42 Å². The van der Waals surface area contributed by atoms with Gasteiger partial charge in [0.2, 0.25) is 11.8 Å². The Morgan fingerprint density at radius 2 is 1.71 bits per heavy atom. The Morgan fingerprint density at radius 1 is 1.10 bits per heavy atom. The molecule has 1 heterocycles. The normalized spacial score (nSPS) is 11.5. The third kappa shape index (κ3) is 3.05. The molecule has 2 aromatic rings. The number of amides is 2. The Hall–Kier alpha value is -2.76. The average Bonchev–Trinajstić information content (AvgIpc) is 2.43. The lowest BCUT2D eigenvalue weighted by Crippen LogP contribution is -2.29. The molecule has 6 heteroatoms. The molecule has 0 N–H and O–H groups in total. The van der Waals surface area contributed by atoms with Crippen LogP contribution >= 0.6 is 0 Å². The highest BCUT2D eigenvalue weighted by Crippen LogP contribution is 2.13. The van der Waals surface area contributed by atoms with E-state index in [1.807, 2.05) is 6.07 Å². The monoisotopic (exact) mass is 286 g/mol. The fraction of sp³-hybridized carbons (Fsp3) is 0.200. The topological polar surface area (TPSA) is 80.0 Å². The summed E-state index contributed by atoms with van der Waals surface area (Å²) in [6.07, 6.45) is 0. The van der Waals surface area contributed by atoms with Crippen LogP contribution in [0.15, 0.2) is 44.6 Å². The Bertz CT molecular complexity index is 791. The number of carbonyl (C=O) groups excluding carboxylic acids is 2. The number of carbonyl (C=O) groups is 2. The van der Waals surface area contributed by atoms with Gasteiger partial charge in [-0.1, -0.05) is 18.2 Å². The van der Waals surface area contributed by atoms with Gasteiger partial charge >= 0.3 is 5.63 Å². The van der Waals surface area contributed by atoms with Crippen molar-refractivity contribution in [2.24, 2.45) is 5.10 Å². The first kappa shape index (κ1) is 14.6. The standard InChI is InChI=1S/C15H14N2O4/c1-9(16-17(10(2)18)11(3)19)13-8-12-6-4-5-7-14(12)21-15(13)20/h4-8H,1-3H3/b16-9+. The Labute approximate surface area is 120 Å². The van der Waals surface area contributed by atoms with Crippen molar-refractivity contribution in [2.75, 3.05) is 0 Å². The first-order valence-corrected chi connectivity index (χ1v) is 6.30. The minimum atomic E-state index is -0.568. The molecule has 0 fully saturated rings. The average molecular weight is 286 g/mol. The van der Waals surface area contributed by atoms with E-state index < -0.39 is 17.4 Å². The van der Waals surface area contributed by atoms with Crippen LogP contribution in [0.25, 0.3) is 11.0 Å². The van der Waals surface area contributed by atoms with Crippen LogP contribution in [0.4, 0.5) is 0 Å². The maximum atomic E-state index is 12.0. The molecule has 1 aromatic heterocycles. The van der Waals surface area contributed by atoms with Gasteiger partial charge in [-0.15, -0.1) is 0 Å². The van der Waals surface area contributed by atoms with Gasteiger partial charge in [-0.2, -0.15) is 10.1 Å². The van der Waals surface area contributed by atoms with Crippen LogP contribution in [0, 0.1) is 0 Å². The summed E-state index contributed by atoms with van der Waals surface area (Å²) in [6, 6.07) is 8.68. The SMILES string of the molecule is CC(=O)N(/N=C(\C)c1cc2ccccc2oc1=O)C(C)=O. The van der Waals surface area contributed by atoms with Crippen LogP contribution in [0.5, 0.6) is 0 Å². The molecule has 0 unspecified atom stereocenters. The third-order valence-corrected chi connectivity index (χ3v) is 2.88. The van der Waals surface area contributed by atoms with Crippen molar-refractivity contribution in [3.8, 4) is 0 Å². The molecule has 0 aliphatic carbocycles. The molecular weight excluding hydrogens is 272 g/mol. The number of nitrogens with zero attached hydrogens (tertiary/aromatic N) is 2. The summed E-state index contributed by atoms with van der Waals surface area (Å²) in [6.45, 7) is 3.99. The summed E-state index contributed by atoms with van der Waals surface area (Å²) in [5.41, 5.74) is 0.345. The second-order valence-corrected chi connectivity index (χ2v) is 4.52. The largest absolute Gasteiger partial charge is 0.422 e. The summed E-state index contributed by atoms with van der Waals surface area (Å²) in [5.74, 6) is -1.04. The van der Waals surface area contributed by atoms with Gasteiger partial charge in [-0.3, -0.25) is 9.59 Å². The quantitative estimate of drug-likeness (QED) is 0.480. The number of para-hydroxylation sites is 1. The Morgan fingerprint density at radius 3 is 2.33 bits per heavy atom. The number of fused-ring (bicyclic) bond motifs is 1. The van der Waals surface area contributed by atoms with E-state index in [9.17, 15) is 14.4 Å². The minimum absolute atomic E-state index is 0.209. The number of hydrazone groups is 1. The molecule has 1 aromatic carbocycles. The smallest absolute Gasteiger partial charge is 0.345 e. The highest BCUT2D eigenvalue weighted by molar-refractivity contribution is 6.02. The summed E-state index contributed by atoms with van der Waals surface area (Å²) < 4.78 is 5.19. The maximum absolute atomic E-state index is 12.0. The third-order valence-electron chi connectivity index (χ3n) is 2.88. The van der Waals surface area contributed by atoms with Gasteiger partial charge in [-0.25, -0.2) is 4.79 Å². The molecule has 0 spiro atoms. The van der Waals surface area contributed by atoms with E-state index in [0.717, 1.165) is 5.39 Å². The second-order valence-electron chi connectivity index (χ2n) is 4.52. The number of benzene rings is 1. The highest BCUT2D eigenvalue weighted by atomic mass is 16.4. The number of rotatable bonds is 2. The summed E-state index contributed by atoms with van der Waals surface area (Å²) in [4.78, 5) is 34.7. The van der Waals surface area contributed by atoms with Gasteiger partial charge in [0.1, 0.15) is 5.58 Å². The van der Waals surface area contributed by atoms with Crippen molar-refractivity contribution < 1.29 is 14.0 Å². The molecule has 0 aliphatic heterocycles. The fourth-order valence-electron chi connectivity index (χ4n) is 1.88. The van der Waals surface area contributed by atoms with Crippen molar-refractivity contribution in [3.63, 3.8) is 0 Å². The number of hydrogen-bond acceptors (Lipinski definition) is 5. The van der Waals surface area contributed by atoms with Crippen LogP contribution in [0.3, 0.4) is 0 Å². The zero-order valence-electron chi connectivity index (χ0n) is 11.9. The maximum Gasteiger partial charge on any atom is 0.345 e. The minimum Gasteiger partial charge on any atom is -0.422 e. The zero-order chi connectivity index (χ0) is 15.6. The van der Waals surface area contributed by atoms with E-state index in [-0.39, 0.29) is 11.3 Å². The Balaban J connectivity index is 2.55. The molecule has 0 atom stereocenters. The van der Waals surface area contributed by atoms with Crippen LogP contribution in [-0.4, -0.2) is 22.5 Å². The number of imide groups is 1. The van der Waals surface area contributed by atoms with E-state index in [0.29, 0.717) is 10.6 Å². The molecule has 6 nitrogen and oxygen atoms in total. The molecule has 21 heavy (non-hydrogen) atoms. The van der Waals surface area contributed by atoms with Crippen LogP contribution < -0.4 is 5.63 Å². The lowest BCUT2D eigenvalue weighted by molar-refractivity contribution is -0.142. The predicted octanol–water partition coefficient (Wildman–Crippen LogP) is 1.91. The summed E-state index contributed by atoms with van der Waals surface area (Å²) in [5, 5.41) is 5.35. The lowest BCUT2D eigenvalue weighted by atomic mass is 10.1. The van der Waals surface area contributed by atoms with Gasteiger partial charge in [0.25, 0.3) is 0 Å². The molecule has 0 saturated heterocycles. The molecule has 0 radical (unpaired) electrons. The van der Waals surface area contributed by atoms with Crippen molar-refractivity contribution >= 4 is 28.5 Å². The van der Waals surface area contributed by atoms with Crippen LogP contribution in [0.2, 0.25) is 0 Å². The molecule has 0 bridgehead atoms. The zero-order valence-corrected chi connectivity index (χ0v) is 11.9. The lowest BCUT2D eigenvalue weighted by Gasteiger charge is -2.11. The predicted molar refractivity (Wildman–Crippen MR) is 77.9 cm³/mol. The van der Waals surface area contributed by atoms with Gasteiger partial charge in [0.05, 0.1) is 11.3 Å². The molecule has 0 aliphatic rings. The molecule has 2 amide bonds. The Kier molecular flexibility index (Phi) is 3.98. The molecule has 0 saturated carbocycles. The van der Waals surface area contributed by atoms with E-state index >= 15 is 0 Å². The molecule has 2 rings (SSSR count). The number of hydrogen-bond donors (Lipinski definition) is 0.